The maximum atomic E-state index is 12.3. The maximum absolute atomic E-state index is 12.3. The van der Waals surface area contributed by atoms with Gasteiger partial charge in [-0.2, -0.15) is 8.78 Å². The molecule has 0 fully saturated rings. The SMILES string of the molecule is O=C(/C=C/c1ccccc1OC(F)F)NCC(=O)OCc1ccccc1. The van der Waals surface area contributed by atoms with Crippen LogP contribution in [0.4, 0.5) is 8.78 Å². The second kappa shape index (κ2) is 9.93. The van der Waals surface area contributed by atoms with Crippen molar-refractivity contribution in [1.82, 2.24) is 5.32 Å². The molecule has 1 amide bonds. The lowest BCUT2D eigenvalue weighted by Crippen LogP contribution is -2.29. The zero-order valence-electron chi connectivity index (χ0n) is 13.7. The molecule has 136 valence electrons. The van der Waals surface area contributed by atoms with E-state index >= 15 is 0 Å². The van der Waals surface area contributed by atoms with Crippen molar-refractivity contribution in [3.8, 4) is 5.75 Å². The number of ether oxygens (including phenoxy) is 2. The molecule has 5 nitrogen and oxygen atoms in total. The average Bonchev–Trinajstić information content (AvgIpc) is 2.64. The molecule has 0 atom stereocenters. The van der Waals surface area contributed by atoms with Gasteiger partial charge in [-0.05, 0) is 17.7 Å². The summed E-state index contributed by atoms with van der Waals surface area (Å²) in [4.78, 5) is 23.3. The first-order valence-corrected chi connectivity index (χ1v) is 7.74. The highest BCUT2D eigenvalue weighted by atomic mass is 19.3. The van der Waals surface area contributed by atoms with Gasteiger partial charge in [0.15, 0.2) is 0 Å². The van der Waals surface area contributed by atoms with Crippen LogP contribution in [-0.4, -0.2) is 25.0 Å². The first-order valence-electron chi connectivity index (χ1n) is 7.74. The van der Waals surface area contributed by atoms with Crippen LogP contribution in [0.25, 0.3) is 6.08 Å². The molecule has 0 aromatic heterocycles. The van der Waals surface area contributed by atoms with Crippen molar-refractivity contribution in [2.45, 2.75) is 13.2 Å². The van der Waals surface area contributed by atoms with Gasteiger partial charge in [-0.25, -0.2) is 0 Å². The Hall–Kier alpha value is -3.22. The van der Waals surface area contributed by atoms with Gasteiger partial charge >= 0.3 is 12.6 Å². The van der Waals surface area contributed by atoms with Gasteiger partial charge in [0.2, 0.25) is 5.91 Å². The predicted molar refractivity (Wildman–Crippen MR) is 91.4 cm³/mol. The molecule has 0 radical (unpaired) electrons. The van der Waals surface area contributed by atoms with Gasteiger partial charge in [-0.1, -0.05) is 48.5 Å². The van der Waals surface area contributed by atoms with Crippen LogP contribution in [0.5, 0.6) is 5.75 Å². The summed E-state index contributed by atoms with van der Waals surface area (Å²) in [5, 5.41) is 2.36. The van der Waals surface area contributed by atoms with E-state index in [1.807, 2.05) is 30.3 Å². The maximum Gasteiger partial charge on any atom is 0.387 e. The van der Waals surface area contributed by atoms with Crippen molar-refractivity contribution in [2.24, 2.45) is 0 Å². The average molecular weight is 361 g/mol. The summed E-state index contributed by atoms with van der Waals surface area (Å²) in [6, 6.07) is 15.2. The molecule has 0 aliphatic rings. The highest BCUT2D eigenvalue weighted by molar-refractivity contribution is 5.93. The summed E-state index contributed by atoms with van der Waals surface area (Å²) in [5.74, 6) is -1.20. The fourth-order valence-electron chi connectivity index (χ4n) is 1.99. The van der Waals surface area contributed by atoms with E-state index in [0.29, 0.717) is 5.56 Å². The molecule has 0 heterocycles. The Morgan fingerprint density at radius 1 is 1.04 bits per heavy atom. The lowest BCUT2D eigenvalue weighted by Gasteiger charge is -2.07. The Bertz CT molecular complexity index is 763. The number of carbonyl (C=O) groups excluding carboxylic acids is 2. The van der Waals surface area contributed by atoms with E-state index in [2.05, 4.69) is 10.1 Å². The molecular weight excluding hydrogens is 344 g/mol. The van der Waals surface area contributed by atoms with Crippen molar-refractivity contribution in [2.75, 3.05) is 6.54 Å². The van der Waals surface area contributed by atoms with Crippen LogP contribution in [0, 0.1) is 0 Å². The van der Waals surface area contributed by atoms with E-state index in [1.54, 1.807) is 6.07 Å². The molecule has 0 bridgehead atoms. The van der Waals surface area contributed by atoms with Crippen molar-refractivity contribution in [3.63, 3.8) is 0 Å². The molecule has 1 N–H and O–H groups in total. The molecule has 0 saturated heterocycles. The molecule has 0 unspecified atom stereocenters. The van der Waals surface area contributed by atoms with Crippen molar-refractivity contribution >= 4 is 18.0 Å². The van der Waals surface area contributed by atoms with Gasteiger partial charge in [0, 0.05) is 11.6 Å². The number of rotatable bonds is 8. The molecule has 0 saturated carbocycles. The first kappa shape index (κ1) is 19.1. The molecule has 0 aliphatic carbocycles. The van der Waals surface area contributed by atoms with E-state index in [9.17, 15) is 18.4 Å². The third-order valence-electron chi connectivity index (χ3n) is 3.20. The first-order chi connectivity index (χ1) is 12.5. The van der Waals surface area contributed by atoms with Crippen LogP contribution in [0.2, 0.25) is 0 Å². The monoisotopic (exact) mass is 361 g/mol. The second-order valence-electron chi connectivity index (χ2n) is 5.11. The van der Waals surface area contributed by atoms with E-state index < -0.39 is 18.5 Å². The van der Waals surface area contributed by atoms with E-state index in [-0.39, 0.29) is 18.9 Å². The molecule has 7 heteroatoms. The van der Waals surface area contributed by atoms with Crippen LogP contribution in [0.1, 0.15) is 11.1 Å². The summed E-state index contributed by atoms with van der Waals surface area (Å²) >= 11 is 0. The fraction of sp³-hybridized carbons (Fsp3) is 0.158. The number of hydrogen-bond acceptors (Lipinski definition) is 4. The standard InChI is InChI=1S/C19H17F2NO4/c20-19(21)26-16-9-5-4-8-15(16)10-11-17(23)22-12-18(24)25-13-14-6-2-1-3-7-14/h1-11,19H,12-13H2,(H,22,23)/b11-10+. The van der Waals surface area contributed by atoms with Crippen LogP contribution in [0.15, 0.2) is 60.7 Å². The van der Waals surface area contributed by atoms with Gasteiger partial charge in [0.1, 0.15) is 18.9 Å². The number of para-hydroxylation sites is 1. The highest BCUT2D eigenvalue weighted by Gasteiger charge is 2.08. The Morgan fingerprint density at radius 2 is 1.73 bits per heavy atom. The third kappa shape index (κ3) is 6.72. The molecule has 0 aliphatic heterocycles. The summed E-state index contributed by atoms with van der Waals surface area (Å²) in [7, 11) is 0. The number of carbonyl (C=O) groups is 2. The summed E-state index contributed by atoms with van der Waals surface area (Å²) in [6.07, 6.45) is 2.44. The Kier molecular flexibility index (Phi) is 7.30. The quantitative estimate of drug-likeness (QED) is 0.579. The highest BCUT2D eigenvalue weighted by Crippen LogP contribution is 2.21. The van der Waals surface area contributed by atoms with Crippen LogP contribution >= 0.6 is 0 Å². The zero-order valence-corrected chi connectivity index (χ0v) is 13.7. The summed E-state index contributed by atoms with van der Waals surface area (Å²) in [5.41, 5.74) is 1.15. The molecule has 2 rings (SSSR count). The zero-order chi connectivity index (χ0) is 18.8. The van der Waals surface area contributed by atoms with Crippen molar-refractivity contribution < 1.29 is 27.8 Å². The van der Waals surface area contributed by atoms with Gasteiger partial charge in [-0.3, -0.25) is 9.59 Å². The number of halogens is 2. The smallest absolute Gasteiger partial charge is 0.387 e. The van der Waals surface area contributed by atoms with Gasteiger partial charge < -0.3 is 14.8 Å². The lowest BCUT2D eigenvalue weighted by molar-refractivity contribution is -0.144. The van der Waals surface area contributed by atoms with E-state index in [0.717, 1.165) is 11.6 Å². The third-order valence-corrected chi connectivity index (χ3v) is 3.20. The minimum atomic E-state index is -2.96. The summed E-state index contributed by atoms with van der Waals surface area (Å²) in [6.45, 7) is -3.15. The van der Waals surface area contributed by atoms with Gasteiger partial charge in [0.05, 0.1) is 0 Å². The lowest BCUT2D eigenvalue weighted by atomic mass is 10.2. The van der Waals surface area contributed by atoms with Crippen molar-refractivity contribution in [1.29, 1.82) is 0 Å². The fourth-order valence-corrected chi connectivity index (χ4v) is 1.99. The minimum absolute atomic E-state index is 0.0474. The largest absolute Gasteiger partial charge is 0.460 e. The van der Waals surface area contributed by atoms with Gasteiger partial charge in [0.25, 0.3) is 0 Å². The number of hydrogen-bond donors (Lipinski definition) is 1. The van der Waals surface area contributed by atoms with Crippen molar-refractivity contribution in [3.05, 3.63) is 71.8 Å². The van der Waals surface area contributed by atoms with Gasteiger partial charge in [-0.15, -0.1) is 0 Å². The van der Waals surface area contributed by atoms with E-state index in [1.165, 1.54) is 24.3 Å². The van der Waals surface area contributed by atoms with Crippen LogP contribution in [-0.2, 0) is 20.9 Å². The summed E-state index contributed by atoms with van der Waals surface area (Å²) < 4.78 is 34.0. The molecule has 2 aromatic carbocycles. The van der Waals surface area contributed by atoms with Crippen LogP contribution in [0.3, 0.4) is 0 Å². The van der Waals surface area contributed by atoms with Crippen LogP contribution < -0.4 is 10.1 Å². The number of amides is 1. The number of esters is 1. The molecule has 26 heavy (non-hydrogen) atoms. The van der Waals surface area contributed by atoms with E-state index in [4.69, 9.17) is 4.74 Å². The molecule has 0 spiro atoms. The Balaban J connectivity index is 1.79. The molecule has 2 aromatic rings. The minimum Gasteiger partial charge on any atom is -0.460 e. The Morgan fingerprint density at radius 3 is 2.46 bits per heavy atom. The second-order valence-corrected chi connectivity index (χ2v) is 5.11. The normalized spacial score (nSPS) is 10.7. The molecular formula is C19H17F2NO4. The number of nitrogens with one attached hydrogen (secondary N) is 1. The Labute approximate surface area is 149 Å². The topological polar surface area (TPSA) is 64.6 Å². The number of benzene rings is 2. The number of alkyl halides is 2. The predicted octanol–water partition coefficient (Wildman–Crippen LogP) is 3.16.